The number of hydrogen-bond donors (Lipinski definition) is 0. The van der Waals surface area contributed by atoms with Gasteiger partial charge in [-0.25, -0.2) is 9.37 Å². The van der Waals surface area contributed by atoms with Crippen molar-refractivity contribution in [2.24, 2.45) is 0 Å². The molecule has 0 spiro atoms. The van der Waals surface area contributed by atoms with Crippen molar-refractivity contribution in [3.8, 4) is 11.5 Å². The molecule has 0 bridgehead atoms. The topological polar surface area (TPSA) is 49.6 Å². The lowest BCUT2D eigenvalue weighted by Crippen LogP contribution is -2.33. The molecule has 1 aliphatic rings. The van der Waals surface area contributed by atoms with Crippen LogP contribution in [0.15, 0.2) is 34.9 Å². The molecule has 2 aromatic rings. The van der Waals surface area contributed by atoms with Gasteiger partial charge in [-0.1, -0.05) is 6.07 Å². The number of amides is 1. The fourth-order valence-electron chi connectivity index (χ4n) is 2.81. The maximum Gasteiger partial charge on any atom is 0.226 e. The van der Waals surface area contributed by atoms with Crippen LogP contribution in [0.2, 0.25) is 0 Å². The molecule has 3 rings (SSSR count). The first-order chi connectivity index (χ1) is 11.1. The van der Waals surface area contributed by atoms with Crippen molar-refractivity contribution in [2.75, 3.05) is 26.2 Å². The van der Waals surface area contributed by atoms with E-state index in [1.807, 2.05) is 4.90 Å². The molecule has 6 heteroatoms. The van der Waals surface area contributed by atoms with Gasteiger partial charge in [-0.05, 0) is 24.6 Å². The molecule has 1 fully saturated rings. The fraction of sp³-hybridized carbons (Fsp3) is 0.412. The Labute approximate surface area is 134 Å². The highest BCUT2D eigenvalue weighted by Gasteiger charge is 2.18. The summed E-state index contributed by atoms with van der Waals surface area (Å²) in [6.07, 6.45) is 2.57. The number of halogens is 1. The Morgan fingerprint density at radius 3 is 2.96 bits per heavy atom. The first-order valence-corrected chi connectivity index (χ1v) is 7.80. The van der Waals surface area contributed by atoms with Gasteiger partial charge >= 0.3 is 0 Å². The molecule has 0 saturated carbocycles. The van der Waals surface area contributed by atoms with E-state index < -0.39 is 0 Å². The molecule has 0 atom stereocenters. The minimum absolute atomic E-state index is 0.127. The number of oxazole rings is 1. The molecule has 2 heterocycles. The Balaban J connectivity index is 1.64. The van der Waals surface area contributed by atoms with Crippen molar-refractivity contribution < 1.29 is 13.6 Å². The lowest BCUT2D eigenvalue weighted by molar-refractivity contribution is -0.128. The van der Waals surface area contributed by atoms with Crippen LogP contribution in [0, 0.1) is 5.82 Å². The molecular weight excluding hydrogens is 297 g/mol. The van der Waals surface area contributed by atoms with E-state index in [-0.39, 0.29) is 11.7 Å². The highest BCUT2D eigenvalue weighted by Crippen LogP contribution is 2.20. The molecule has 0 aliphatic carbocycles. The zero-order valence-corrected chi connectivity index (χ0v) is 13.2. The van der Waals surface area contributed by atoms with Gasteiger partial charge in [0.1, 0.15) is 12.1 Å². The predicted molar refractivity (Wildman–Crippen MR) is 84.0 cm³/mol. The maximum absolute atomic E-state index is 13.3. The van der Waals surface area contributed by atoms with E-state index >= 15 is 0 Å². The van der Waals surface area contributed by atoms with Crippen LogP contribution in [0.4, 0.5) is 4.39 Å². The fourth-order valence-corrected chi connectivity index (χ4v) is 2.81. The molecule has 0 N–H and O–H groups in total. The summed E-state index contributed by atoms with van der Waals surface area (Å²) in [4.78, 5) is 20.0. The normalized spacial score (nSPS) is 16.3. The number of aromatic nitrogens is 1. The monoisotopic (exact) mass is 317 g/mol. The van der Waals surface area contributed by atoms with Crippen LogP contribution in [0.5, 0.6) is 0 Å². The molecular formula is C17H20FN3O2. The minimum Gasteiger partial charge on any atom is -0.444 e. The van der Waals surface area contributed by atoms with Crippen LogP contribution in [0.25, 0.3) is 11.5 Å². The zero-order chi connectivity index (χ0) is 16.2. The number of rotatable bonds is 3. The van der Waals surface area contributed by atoms with E-state index in [0.717, 1.165) is 38.3 Å². The van der Waals surface area contributed by atoms with Gasteiger partial charge in [0.25, 0.3) is 0 Å². The molecule has 1 aliphatic heterocycles. The van der Waals surface area contributed by atoms with Crippen LogP contribution in [-0.2, 0) is 11.3 Å². The van der Waals surface area contributed by atoms with Crippen molar-refractivity contribution in [2.45, 2.75) is 19.9 Å². The van der Waals surface area contributed by atoms with E-state index in [9.17, 15) is 9.18 Å². The predicted octanol–water partition coefficient (Wildman–Crippen LogP) is 2.53. The lowest BCUT2D eigenvalue weighted by atomic mass is 10.2. The average molecular weight is 317 g/mol. The summed E-state index contributed by atoms with van der Waals surface area (Å²) in [7, 11) is 0. The van der Waals surface area contributed by atoms with Crippen LogP contribution < -0.4 is 0 Å². The molecule has 5 nitrogen and oxygen atoms in total. The largest absolute Gasteiger partial charge is 0.444 e. The highest BCUT2D eigenvalue weighted by atomic mass is 19.1. The molecule has 1 saturated heterocycles. The van der Waals surface area contributed by atoms with Crippen LogP contribution >= 0.6 is 0 Å². The Morgan fingerprint density at radius 2 is 2.17 bits per heavy atom. The van der Waals surface area contributed by atoms with E-state index in [1.54, 1.807) is 25.3 Å². The van der Waals surface area contributed by atoms with E-state index in [1.165, 1.54) is 12.1 Å². The van der Waals surface area contributed by atoms with Crippen LogP contribution in [0.1, 0.15) is 19.0 Å². The first-order valence-electron chi connectivity index (χ1n) is 7.80. The van der Waals surface area contributed by atoms with Crippen molar-refractivity contribution in [1.82, 2.24) is 14.8 Å². The molecule has 23 heavy (non-hydrogen) atoms. The molecule has 0 unspecified atom stereocenters. The summed E-state index contributed by atoms with van der Waals surface area (Å²) >= 11 is 0. The van der Waals surface area contributed by atoms with E-state index in [2.05, 4.69) is 9.88 Å². The maximum atomic E-state index is 13.3. The molecule has 1 amide bonds. The number of benzene rings is 1. The number of carbonyl (C=O) groups is 1. The molecule has 0 radical (unpaired) electrons. The summed E-state index contributed by atoms with van der Waals surface area (Å²) in [6.45, 7) is 5.57. The number of nitrogens with zero attached hydrogens (tertiary/aromatic N) is 3. The van der Waals surface area contributed by atoms with E-state index in [0.29, 0.717) is 18.0 Å². The van der Waals surface area contributed by atoms with Gasteiger partial charge in [-0.2, -0.15) is 0 Å². The average Bonchev–Trinajstić information content (AvgIpc) is 2.85. The summed E-state index contributed by atoms with van der Waals surface area (Å²) in [5, 5.41) is 0. The lowest BCUT2D eigenvalue weighted by Gasteiger charge is -2.19. The molecule has 1 aromatic carbocycles. The Hall–Kier alpha value is -2.21. The van der Waals surface area contributed by atoms with Gasteiger partial charge in [0, 0.05) is 45.2 Å². The summed E-state index contributed by atoms with van der Waals surface area (Å²) in [6, 6.07) is 6.21. The third kappa shape index (κ3) is 3.96. The Kier molecular flexibility index (Phi) is 4.71. The van der Waals surface area contributed by atoms with Crippen molar-refractivity contribution in [3.63, 3.8) is 0 Å². The summed E-state index contributed by atoms with van der Waals surface area (Å²) in [5.74, 6) is 0.250. The minimum atomic E-state index is -0.306. The number of hydrogen-bond acceptors (Lipinski definition) is 4. The summed E-state index contributed by atoms with van der Waals surface area (Å²) in [5.41, 5.74) is 1.45. The second kappa shape index (κ2) is 6.91. The van der Waals surface area contributed by atoms with Gasteiger partial charge in [0.2, 0.25) is 11.8 Å². The summed E-state index contributed by atoms with van der Waals surface area (Å²) < 4.78 is 18.7. The molecule has 122 valence electrons. The van der Waals surface area contributed by atoms with E-state index in [4.69, 9.17) is 4.42 Å². The van der Waals surface area contributed by atoms with Crippen LogP contribution in [0.3, 0.4) is 0 Å². The van der Waals surface area contributed by atoms with Gasteiger partial charge in [0.15, 0.2) is 0 Å². The first kappa shape index (κ1) is 15.7. The van der Waals surface area contributed by atoms with Crippen LogP contribution in [-0.4, -0.2) is 46.9 Å². The Morgan fingerprint density at radius 1 is 1.30 bits per heavy atom. The van der Waals surface area contributed by atoms with Gasteiger partial charge < -0.3 is 9.32 Å². The SMILES string of the molecule is CC(=O)N1CCCN(Cc2coc(-c3cccc(F)c3)n2)CC1. The van der Waals surface area contributed by atoms with Crippen molar-refractivity contribution in [3.05, 3.63) is 42.0 Å². The zero-order valence-electron chi connectivity index (χ0n) is 13.2. The third-order valence-electron chi connectivity index (χ3n) is 4.04. The standard InChI is InChI=1S/C17H20FN3O2/c1-13(22)21-7-3-6-20(8-9-21)11-16-12-23-17(19-16)14-4-2-5-15(18)10-14/h2,4-5,10,12H,3,6-9,11H2,1H3. The van der Waals surface area contributed by atoms with Gasteiger partial charge in [-0.3, -0.25) is 9.69 Å². The smallest absolute Gasteiger partial charge is 0.226 e. The molecule has 1 aromatic heterocycles. The van der Waals surface area contributed by atoms with Gasteiger partial charge in [-0.15, -0.1) is 0 Å². The second-order valence-electron chi connectivity index (χ2n) is 5.79. The second-order valence-corrected chi connectivity index (χ2v) is 5.79. The van der Waals surface area contributed by atoms with Gasteiger partial charge in [0.05, 0.1) is 5.69 Å². The Bertz CT molecular complexity index is 686. The third-order valence-corrected chi connectivity index (χ3v) is 4.04. The quantitative estimate of drug-likeness (QED) is 0.873. The number of carbonyl (C=O) groups excluding carboxylic acids is 1. The highest BCUT2D eigenvalue weighted by molar-refractivity contribution is 5.73. The van der Waals surface area contributed by atoms with Crippen molar-refractivity contribution >= 4 is 5.91 Å². The van der Waals surface area contributed by atoms with Crippen molar-refractivity contribution in [1.29, 1.82) is 0 Å².